The summed E-state index contributed by atoms with van der Waals surface area (Å²) in [6, 6.07) is 2.99. The summed E-state index contributed by atoms with van der Waals surface area (Å²) in [7, 11) is 1.55. The van der Waals surface area contributed by atoms with E-state index in [-0.39, 0.29) is 0 Å². The maximum Gasteiger partial charge on any atom is 0.325 e. The van der Waals surface area contributed by atoms with Gasteiger partial charge in [0, 0.05) is 16.6 Å². The lowest BCUT2D eigenvalue weighted by Gasteiger charge is -2.26. The molecule has 1 atom stereocenters. The highest BCUT2D eigenvalue weighted by molar-refractivity contribution is 9.10. The van der Waals surface area contributed by atoms with Crippen LogP contribution in [0.3, 0.4) is 0 Å². The Morgan fingerprint density at radius 1 is 1.62 bits per heavy atom. The normalized spacial score (nSPS) is 19.0. The highest BCUT2D eigenvalue weighted by Crippen LogP contribution is 2.36. The number of fused-ring (bicyclic) bond motifs is 1. The van der Waals surface area contributed by atoms with Gasteiger partial charge in [-0.1, -0.05) is 15.9 Å². The standard InChI is InChI=1S/C11H12BrNO3/c1-16-8-3-2-7(12)6-4-5-13-10(9(6)8)11(14)15/h2-3,10,13H,4-5H2,1H3,(H,14,15). The molecular weight excluding hydrogens is 274 g/mol. The van der Waals surface area contributed by atoms with Gasteiger partial charge in [-0.2, -0.15) is 0 Å². The van der Waals surface area contributed by atoms with Gasteiger partial charge in [0.25, 0.3) is 0 Å². The maximum atomic E-state index is 11.2. The predicted octanol–water partition coefficient (Wildman–Crippen LogP) is 1.73. The summed E-state index contributed by atoms with van der Waals surface area (Å²) in [5, 5.41) is 12.1. The third-order valence-corrected chi connectivity index (χ3v) is 3.48. The van der Waals surface area contributed by atoms with E-state index < -0.39 is 12.0 Å². The summed E-state index contributed by atoms with van der Waals surface area (Å²) in [5.41, 5.74) is 1.75. The Labute approximate surface area is 102 Å². The van der Waals surface area contributed by atoms with Crippen LogP contribution in [0.4, 0.5) is 0 Å². The molecule has 0 aliphatic carbocycles. The number of ether oxygens (including phenoxy) is 1. The maximum absolute atomic E-state index is 11.2. The summed E-state index contributed by atoms with van der Waals surface area (Å²) in [6.45, 7) is 0.662. The molecule has 1 aromatic carbocycles. The SMILES string of the molecule is COc1ccc(Br)c2c1C(C(=O)O)NCC2. The number of carboxylic acids is 1. The topological polar surface area (TPSA) is 58.6 Å². The fraction of sp³-hybridized carbons (Fsp3) is 0.364. The fourth-order valence-corrected chi connectivity index (χ4v) is 2.56. The molecule has 86 valence electrons. The molecule has 1 unspecified atom stereocenters. The second-order valence-corrected chi connectivity index (χ2v) is 4.47. The van der Waals surface area contributed by atoms with Gasteiger partial charge < -0.3 is 15.2 Å². The van der Waals surface area contributed by atoms with Crippen LogP contribution in [0.25, 0.3) is 0 Å². The summed E-state index contributed by atoms with van der Waals surface area (Å²) < 4.78 is 6.16. The van der Waals surface area contributed by atoms with E-state index in [1.165, 1.54) is 0 Å². The summed E-state index contributed by atoms with van der Waals surface area (Å²) in [4.78, 5) is 11.2. The van der Waals surface area contributed by atoms with Crippen LogP contribution in [-0.4, -0.2) is 24.7 Å². The number of nitrogens with one attached hydrogen (secondary N) is 1. The van der Waals surface area contributed by atoms with E-state index in [0.29, 0.717) is 12.3 Å². The Kier molecular flexibility index (Phi) is 3.16. The van der Waals surface area contributed by atoms with Gasteiger partial charge in [0.2, 0.25) is 0 Å². The molecule has 2 rings (SSSR count). The van der Waals surface area contributed by atoms with Crippen LogP contribution in [0.1, 0.15) is 17.2 Å². The monoisotopic (exact) mass is 285 g/mol. The molecule has 16 heavy (non-hydrogen) atoms. The molecule has 1 aliphatic rings. The second-order valence-electron chi connectivity index (χ2n) is 3.62. The molecule has 1 heterocycles. The van der Waals surface area contributed by atoms with Gasteiger partial charge in [-0.05, 0) is 24.1 Å². The van der Waals surface area contributed by atoms with Crippen molar-refractivity contribution in [1.82, 2.24) is 5.32 Å². The number of benzene rings is 1. The van der Waals surface area contributed by atoms with Crippen LogP contribution in [0.5, 0.6) is 5.75 Å². The molecular formula is C11H12BrNO3. The first kappa shape index (κ1) is 11.4. The van der Waals surface area contributed by atoms with Gasteiger partial charge in [0.15, 0.2) is 0 Å². The van der Waals surface area contributed by atoms with E-state index >= 15 is 0 Å². The smallest absolute Gasteiger partial charge is 0.325 e. The minimum Gasteiger partial charge on any atom is -0.496 e. The number of carbonyl (C=O) groups is 1. The van der Waals surface area contributed by atoms with Gasteiger partial charge in [-0.15, -0.1) is 0 Å². The van der Waals surface area contributed by atoms with Crippen molar-refractivity contribution in [3.8, 4) is 5.75 Å². The lowest BCUT2D eigenvalue weighted by molar-refractivity contribution is -0.139. The highest BCUT2D eigenvalue weighted by Gasteiger charge is 2.30. The van der Waals surface area contributed by atoms with E-state index in [1.807, 2.05) is 6.07 Å². The summed E-state index contributed by atoms with van der Waals surface area (Å²) in [5.74, 6) is -0.254. The minimum absolute atomic E-state index is 0.623. The van der Waals surface area contributed by atoms with Crippen LogP contribution < -0.4 is 10.1 Å². The van der Waals surface area contributed by atoms with Crippen molar-refractivity contribution in [2.24, 2.45) is 0 Å². The third kappa shape index (κ3) is 1.81. The van der Waals surface area contributed by atoms with E-state index in [0.717, 1.165) is 22.0 Å². The largest absolute Gasteiger partial charge is 0.496 e. The van der Waals surface area contributed by atoms with Crippen LogP contribution in [-0.2, 0) is 11.2 Å². The van der Waals surface area contributed by atoms with Crippen LogP contribution in [0.2, 0.25) is 0 Å². The Balaban J connectivity index is 2.60. The molecule has 5 heteroatoms. The van der Waals surface area contributed by atoms with Crippen LogP contribution in [0.15, 0.2) is 16.6 Å². The number of hydrogen-bond donors (Lipinski definition) is 2. The molecule has 0 fully saturated rings. The number of hydrogen-bond acceptors (Lipinski definition) is 3. The van der Waals surface area contributed by atoms with E-state index in [9.17, 15) is 4.79 Å². The zero-order valence-corrected chi connectivity index (χ0v) is 10.4. The molecule has 0 aromatic heterocycles. The second kappa shape index (κ2) is 4.43. The van der Waals surface area contributed by atoms with Gasteiger partial charge in [-0.3, -0.25) is 4.79 Å². The Morgan fingerprint density at radius 2 is 2.38 bits per heavy atom. The average molecular weight is 286 g/mol. The number of rotatable bonds is 2. The van der Waals surface area contributed by atoms with E-state index in [1.54, 1.807) is 13.2 Å². The minimum atomic E-state index is -0.877. The quantitative estimate of drug-likeness (QED) is 0.869. The van der Waals surface area contributed by atoms with Gasteiger partial charge in [0.1, 0.15) is 11.8 Å². The van der Waals surface area contributed by atoms with Gasteiger partial charge in [-0.25, -0.2) is 0 Å². The zero-order chi connectivity index (χ0) is 11.7. The molecule has 0 amide bonds. The average Bonchev–Trinajstić information content (AvgIpc) is 2.29. The summed E-state index contributed by atoms with van der Waals surface area (Å²) >= 11 is 3.45. The van der Waals surface area contributed by atoms with Crippen molar-refractivity contribution >= 4 is 21.9 Å². The van der Waals surface area contributed by atoms with Crippen LogP contribution in [0, 0.1) is 0 Å². The molecule has 1 aromatic rings. The fourth-order valence-electron chi connectivity index (χ4n) is 2.02. The van der Waals surface area contributed by atoms with Gasteiger partial charge in [0.05, 0.1) is 7.11 Å². The lowest BCUT2D eigenvalue weighted by atomic mass is 9.93. The predicted molar refractivity (Wildman–Crippen MR) is 62.8 cm³/mol. The van der Waals surface area contributed by atoms with Crippen molar-refractivity contribution in [3.05, 3.63) is 27.7 Å². The van der Waals surface area contributed by atoms with Gasteiger partial charge >= 0.3 is 5.97 Å². The van der Waals surface area contributed by atoms with Crippen molar-refractivity contribution < 1.29 is 14.6 Å². The number of aliphatic carboxylic acids is 1. The Morgan fingerprint density at radius 3 is 3.00 bits per heavy atom. The van der Waals surface area contributed by atoms with Crippen molar-refractivity contribution in [2.45, 2.75) is 12.5 Å². The number of carboxylic acid groups (broad SMARTS) is 1. The first-order valence-electron chi connectivity index (χ1n) is 4.96. The molecule has 2 N–H and O–H groups in total. The highest BCUT2D eigenvalue weighted by atomic mass is 79.9. The van der Waals surface area contributed by atoms with E-state index in [4.69, 9.17) is 9.84 Å². The molecule has 4 nitrogen and oxygen atoms in total. The van der Waals surface area contributed by atoms with Crippen molar-refractivity contribution in [2.75, 3.05) is 13.7 Å². The van der Waals surface area contributed by atoms with Crippen molar-refractivity contribution in [1.29, 1.82) is 0 Å². The molecule has 0 saturated carbocycles. The number of halogens is 1. The lowest BCUT2D eigenvalue weighted by Crippen LogP contribution is -2.35. The molecule has 1 aliphatic heterocycles. The first-order chi connectivity index (χ1) is 7.65. The van der Waals surface area contributed by atoms with E-state index in [2.05, 4.69) is 21.2 Å². The Hall–Kier alpha value is -1.07. The summed E-state index contributed by atoms with van der Waals surface area (Å²) in [6.07, 6.45) is 0.802. The zero-order valence-electron chi connectivity index (χ0n) is 8.79. The van der Waals surface area contributed by atoms with Crippen LogP contribution >= 0.6 is 15.9 Å². The molecule has 0 bridgehead atoms. The Bertz CT molecular complexity index is 433. The van der Waals surface area contributed by atoms with Crippen molar-refractivity contribution in [3.63, 3.8) is 0 Å². The first-order valence-corrected chi connectivity index (χ1v) is 5.76. The molecule has 0 spiro atoms. The molecule has 0 saturated heterocycles. The third-order valence-electron chi connectivity index (χ3n) is 2.74. The number of methoxy groups -OCH3 is 1. The molecule has 0 radical (unpaired) electrons.